The van der Waals surface area contributed by atoms with Gasteiger partial charge in [-0.2, -0.15) is 4.98 Å². The molecule has 2 saturated heterocycles. The Kier molecular flexibility index (Phi) is 7.05. The molecular weight excluding hydrogens is 454 g/mol. The highest BCUT2D eigenvalue weighted by Crippen LogP contribution is 2.43. The van der Waals surface area contributed by atoms with E-state index in [4.69, 9.17) is 4.52 Å². The zero-order chi connectivity index (χ0) is 24.7. The summed E-state index contributed by atoms with van der Waals surface area (Å²) in [6.45, 7) is 11.4. The molecule has 4 aliphatic rings. The number of piperidine rings is 1. The summed E-state index contributed by atoms with van der Waals surface area (Å²) < 4.78 is 33.8. The van der Waals surface area contributed by atoms with Crippen LogP contribution in [-0.2, 0) is 5.41 Å². The predicted octanol–water partition coefficient (Wildman–Crippen LogP) is 3.24. The maximum Gasteiger partial charge on any atom is 0.317 e. The number of nitrogens with zero attached hydrogens (tertiary/aromatic N) is 5. The van der Waals surface area contributed by atoms with Gasteiger partial charge in [0.15, 0.2) is 5.82 Å². The second-order valence-electron chi connectivity index (χ2n) is 11.5. The van der Waals surface area contributed by atoms with Crippen molar-refractivity contribution in [3.63, 3.8) is 0 Å². The molecule has 2 saturated carbocycles. The van der Waals surface area contributed by atoms with Gasteiger partial charge in [0.2, 0.25) is 5.89 Å². The first kappa shape index (κ1) is 24.9. The minimum absolute atomic E-state index is 0.0478. The van der Waals surface area contributed by atoms with Crippen LogP contribution in [0.15, 0.2) is 4.52 Å². The summed E-state index contributed by atoms with van der Waals surface area (Å²) in [6.07, 6.45) is 2.23. The van der Waals surface area contributed by atoms with Gasteiger partial charge < -0.3 is 14.7 Å². The molecular formula is C25H40F2N6O2. The molecule has 0 bridgehead atoms. The predicted molar refractivity (Wildman–Crippen MR) is 128 cm³/mol. The minimum atomic E-state index is -1.02. The van der Waals surface area contributed by atoms with Crippen LogP contribution in [-0.4, -0.2) is 101 Å². The van der Waals surface area contributed by atoms with E-state index in [2.05, 4.69) is 46.0 Å². The van der Waals surface area contributed by atoms with Gasteiger partial charge in [-0.1, -0.05) is 12.1 Å². The van der Waals surface area contributed by atoms with E-state index in [0.717, 1.165) is 39.0 Å². The van der Waals surface area contributed by atoms with Gasteiger partial charge in [0.1, 0.15) is 12.3 Å². The number of amides is 2. The number of hydrogen-bond donors (Lipinski definition) is 1. The summed E-state index contributed by atoms with van der Waals surface area (Å²) in [5.74, 6) is 0.736. The molecule has 2 aliphatic carbocycles. The van der Waals surface area contributed by atoms with Crippen molar-refractivity contribution in [1.82, 2.24) is 30.2 Å². The third-order valence-corrected chi connectivity index (χ3v) is 8.79. The van der Waals surface area contributed by atoms with E-state index in [1.54, 1.807) is 4.90 Å². The maximum atomic E-state index is 15.1. The van der Waals surface area contributed by atoms with Crippen LogP contribution < -0.4 is 5.32 Å². The standard InChI is InChI=1S/C25H40F2N6O2/c1-16(2)31-11-13-32(14-12-31)20-6-4-5-18(26)21(20)28-24(34)33-9-7-25(3,8-10-33)23-29-22(35-30-23)17-15-19(17)27/h16-21H,4-15H2,1-3H3,(H,28,34)/t17?,18-,19-,20-,21-/m0/s1. The highest BCUT2D eigenvalue weighted by atomic mass is 19.1. The molecule has 35 heavy (non-hydrogen) atoms. The average molecular weight is 495 g/mol. The van der Waals surface area contributed by atoms with Gasteiger partial charge in [-0.05, 0) is 52.4 Å². The average Bonchev–Trinajstić information content (AvgIpc) is 3.36. The Morgan fingerprint density at radius 2 is 1.77 bits per heavy atom. The van der Waals surface area contributed by atoms with Crippen LogP contribution in [0.5, 0.6) is 0 Å². The molecule has 1 N–H and O–H groups in total. The Bertz CT molecular complexity index is 881. The SMILES string of the molecule is CC(C)N1CCN([C@H]2CCC[C@H](F)[C@@H]2NC(=O)N2CCC(C)(c3noc(C4C[C@@H]4F)n3)CC2)CC1. The van der Waals surface area contributed by atoms with Crippen LogP contribution in [0, 0.1) is 0 Å². The molecule has 10 heteroatoms. The molecule has 1 aromatic heterocycles. The van der Waals surface area contributed by atoms with Crippen LogP contribution in [0.2, 0.25) is 0 Å². The number of piperazine rings is 1. The second kappa shape index (κ2) is 9.92. The Morgan fingerprint density at radius 3 is 2.40 bits per heavy atom. The van der Waals surface area contributed by atoms with Crippen LogP contribution in [0.1, 0.15) is 76.9 Å². The summed E-state index contributed by atoms with van der Waals surface area (Å²) in [5.41, 5.74) is -0.314. The number of carbonyl (C=O) groups is 1. The topological polar surface area (TPSA) is 77.7 Å². The monoisotopic (exact) mass is 494 g/mol. The number of rotatable bonds is 5. The normalized spacial score (nSPS) is 34.2. The van der Waals surface area contributed by atoms with Crippen molar-refractivity contribution in [2.24, 2.45) is 0 Å². The number of aromatic nitrogens is 2. The first-order valence-corrected chi connectivity index (χ1v) is 13.4. The zero-order valence-corrected chi connectivity index (χ0v) is 21.3. The van der Waals surface area contributed by atoms with Crippen LogP contribution >= 0.6 is 0 Å². The Balaban J connectivity index is 1.17. The lowest BCUT2D eigenvalue weighted by Crippen LogP contribution is -2.63. The van der Waals surface area contributed by atoms with E-state index in [1.165, 1.54) is 0 Å². The first-order chi connectivity index (χ1) is 16.7. The smallest absolute Gasteiger partial charge is 0.317 e. The highest BCUT2D eigenvalue weighted by molar-refractivity contribution is 5.75. The third-order valence-electron chi connectivity index (χ3n) is 8.79. The fourth-order valence-corrected chi connectivity index (χ4v) is 6.02. The van der Waals surface area contributed by atoms with E-state index in [1.807, 2.05) is 0 Å². The van der Waals surface area contributed by atoms with Crippen molar-refractivity contribution in [1.29, 1.82) is 0 Å². The third kappa shape index (κ3) is 5.19. The van der Waals surface area contributed by atoms with Crippen molar-refractivity contribution in [3.8, 4) is 0 Å². The van der Waals surface area contributed by atoms with Gasteiger partial charge in [-0.15, -0.1) is 0 Å². The molecule has 196 valence electrons. The number of alkyl halides is 2. The Hall–Kier alpha value is -1.81. The summed E-state index contributed by atoms with van der Waals surface area (Å²) in [4.78, 5) is 24.3. The van der Waals surface area contributed by atoms with E-state index in [0.29, 0.717) is 56.5 Å². The first-order valence-electron chi connectivity index (χ1n) is 13.4. The molecule has 0 aromatic carbocycles. The van der Waals surface area contributed by atoms with E-state index < -0.39 is 18.4 Å². The quantitative estimate of drug-likeness (QED) is 0.677. The van der Waals surface area contributed by atoms with Gasteiger partial charge in [0.05, 0.1) is 12.0 Å². The zero-order valence-electron chi connectivity index (χ0n) is 21.3. The number of likely N-dealkylation sites (tertiary alicyclic amines) is 1. The number of carbonyl (C=O) groups excluding carboxylic acids is 1. The Morgan fingerprint density at radius 1 is 1.09 bits per heavy atom. The van der Waals surface area contributed by atoms with E-state index >= 15 is 4.39 Å². The molecule has 0 radical (unpaired) electrons. The van der Waals surface area contributed by atoms with Gasteiger partial charge in [0.25, 0.3) is 0 Å². The second-order valence-corrected chi connectivity index (χ2v) is 11.5. The molecule has 1 aromatic rings. The van der Waals surface area contributed by atoms with Crippen LogP contribution in [0.4, 0.5) is 13.6 Å². The molecule has 4 fully saturated rings. The molecule has 5 rings (SSSR count). The number of nitrogens with one attached hydrogen (secondary N) is 1. The van der Waals surface area contributed by atoms with Crippen LogP contribution in [0.25, 0.3) is 0 Å². The van der Waals surface area contributed by atoms with Crippen molar-refractivity contribution >= 4 is 6.03 Å². The van der Waals surface area contributed by atoms with E-state index in [9.17, 15) is 9.18 Å². The van der Waals surface area contributed by atoms with Crippen LogP contribution in [0.3, 0.4) is 0 Å². The summed E-state index contributed by atoms with van der Waals surface area (Å²) in [7, 11) is 0. The fraction of sp³-hybridized carbons (Fsp3) is 0.880. The van der Waals surface area contributed by atoms with Gasteiger partial charge in [-0.3, -0.25) is 9.80 Å². The van der Waals surface area contributed by atoms with E-state index in [-0.39, 0.29) is 23.4 Å². The van der Waals surface area contributed by atoms with Crippen molar-refractivity contribution in [2.75, 3.05) is 39.3 Å². The van der Waals surface area contributed by atoms with Crippen molar-refractivity contribution < 1.29 is 18.1 Å². The summed E-state index contributed by atoms with van der Waals surface area (Å²) in [5, 5.41) is 7.21. The minimum Gasteiger partial charge on any atom is -0.339 e. The van der Waals surface area contributed by atoms with Crippen molar-refractivity contribution in [2.45, 2.75) is 101 Å². The maximum absolute atomic E-state index is 15.1. The molecule has 2 aliphatic heterocycles. The largest absolute Gasteiger partial charge is 0.339 e. The number of halogens is 2. The van der Waals surface area contributed by atoms with Gasteiger partial charge in [0, 0.05) is 56.8 Å². The van der Waals surface area contributed by atoms with Crippen molar-refractivity contribution in [3.05, 3.63) is 11.7 Å². The Labute approximate surface area is 206 Å². The molecule has 8 nitrogen and oxygen atoms in total. The molecule has 5 atom stereocenters. The summed E-state index contributed by atoms with van der Waals surface area (Å²) in [6, 6.07) is -0.0840. The highest BCUT2D eigenvalue weighted by Gasteiger charge is 2.46. The lowest BCUT2D eigenvalue weighted by Gasteiger charge is -2.46. The molecule has 0 spiro atoms. The molecule has 2 amide bonds. The molecule has 3 heterocycles. The fourth-order valence-electron chi connectivity index (χ4n) is 6.02. The number of hydrogen-bond acceptors (Lipinski definition) is 6. The lowest BCUT2D eigenvalue weighted by molar-refractivity contribution is 0.0264. The molecule has 1 unspecified atom stereocenters. The lowest BCUT2D eigenvalue weighted by atomic mass is 9.79. The van der Waals surface area contributed by atoms with Gasteiger partial charge >= 0.3 is 6.03 Å². The number of urea groups is 1. The summed E-state index contributed by atoms with van der Waals surface area (Å²) >= 11 is 0. The van der Waals surface area contributed by atoms with Gasteiger partial charge in [-0.25, -0.2) is 13.6 Å².